The Hall–Kier alpha value is -0.0800. The molecule has 2 aliphatic rings. The normalized spacial score (nSPS) is 31.6. The molecule has 1 heterocycles. The summed E-state index contributed by atoms with van der Waals surface area (Å²) in [5.41, 5.74) is 0.514. The molecular weight excluding hydrogens is 184 g/mol. The molecule has 0 aromatic carbocycles. The summed E-state index contributed by atoms with van der Waals surface area (Å²) in [6, 6.07) is 1.43. The van der Waals surface area contributed by atoms with E-state index in [-0.39, 0.29) is 0 Å². The van der Waals surface area contributed by atoms with Crippen LogP contribution in [-0.2, 0) is 0 Å². The molecule has 0 amide bonds. The number of piperazine rings is 1. The first-order chi connectivity index (χ1) is 7.18. The van der Waals surface area contributed by atoms with Crippen molar-refractivity contribution >= 4 is 0 Å². The predicted octanol–water partition coefficient (Wildman–Crippen LogP) is 2.39. The molecule has 2 nitrogen and oxygen atoms in total. The maximum Gasteiger partial charge on any atom is 0.0337 e. The van der Waals surface area contributed by atoms with Crippen LogP contribution >= 0.6 is 0 Å². The van der Waals surface area contributed by atoms with E-state index in [1.807, 2.05) is 0 Å². The minimum Gasteiger partial charge on any atom is -0.311 e. The predicted molar refractivity (Wildman–Crippen MR) is 65.1 cm³/mol. The highest BCUT2D eigenvalue weighted by atomic mass is 15.3. The smallest absolute Gasteiger partial charge is 0.0337 e. The molecule has 1 aliphatic heterocycles. The summed E-state index contributed by atoms with van der Waals surface area (Å²) >= 11 is 0. The molecule has 0 aromatic rings. The molecule has 0 aromatic heterocycles. The van der Waals surface area contributed by atoms with E-state index in [0.717, 1.165) is 6.04 Å². The van der Waals surface area contributed by atoms with Crippen LogP contribution in [0.15, 0.2) is 0 Å². The second-order valence-corrected chi connectivity index (χ2v) is 5.66. The van der Waals surface area contributed by atoms with Gasteiger partial charge in [-0.1, -0.05) is 19.8 Å². The van der Waals surface area contributed by atoms with Gasteiger partial charge in [-0.15, -0.1) is 0 Å². The van der Waals surface area contributed by atoms with E-state index in [1.165, 1.54) is 45.2 Å². The Balaban J connectivity index is 2.10. The van der Waals surface area contributed by atoms with Crippen molar-refractivity contribution in [3.8, 4) is 0 Å². The van der Waals surface area contributed by atoms with Gasteiger partial charge >= 0.3 is 0 Å². The van der Waals surface area contributed by atoms with Crippen LogP contribution in [0.5, 0.6) is 0 Å². The summed E-state index contributed by atoms with van der Waals surface area (Å²) < 4.78 is 0. The summed E-state index contributed by atoms with van der Waals surface area (Å²) in [4.78, 5) is 2.78. The topological polar surface area (TPSA) is 15.3 Å². The first-order valence-electron chi connectivity index (χ1n) is 6.68. The third kappa shape index (κ3) is 2.07. The second kappa shape index (κ2) is 4.42. The van der Waals surface area contributed by atoms with Crippen LogP contribution in [-0.4, -0.2) is 35.6 Å². The lowest BCUT2D eigenvalue weighted by molar-refractivity contribution is 0.0160. The van der Waals surface area contributed by atoms with Gasteiger partial charge in [-0.3, -0.25) is 4.90 Å². The Labute approximate surface area is 94.4 Å². The number of nitrogens with one attached hydrogen (secondary N) is 1. The van der Waals surface area contributed by atoms with Crippen molar-refractivity contribution in [3.63, 3.8) is 0 Å². The molecule has 0 radical (unpaired) electrons. The van der Waals surface area contributed by atoms with Crippen molar-refractivity contribution in [1.29, 1.82) is 0 Å². The fourth-order valence-corrected chi connectivity index (χ4v) is 3.46. The van der Waals surface area contributed by atoms with Gasteiger partial charge in [0, 0.05) is 30.7 Å². The molecule has 1 N–H and O–H groups in total. The van der Waals surface area contributed by atoms with Gasteiger partial charge in [0.05, 0.1) is 0 Å². The van der Waals surface area contributed by atoms with Crippen molar-refractivity contribution in [3.05, 3.63) is 0 Å². The molecular formula is C13H26N2. The molecule has 88 valence electrons. The lowest BCUT2D eigenvalue weighted by Crippen LogP contribution is -2.65. The highest BCUT2D eigenvalue weighted by Gasteiger charge is 2.43. The van der Waals surface area contributed by atoms with Gasteiger partial charge in [0.15, 0.2) is 0 Å². The van der Waals surface area contributed by atoms with Crippen LogP contribution in [0.4, 0.5) is 0 Å². The van der Waals surface area contributed by atoms with Gasteiger partial charge in [0.2, 0.25) is 0 Å². The van der Waals surface area contributed by atoms with E-state index < -0.39 is 0 Å². The van der Waals surface area contributed by atoms with Crippen LogP contribution in [0.1, 0.15) is 52.9 Å². The number of hydrogen-bond donors (Lipinski definition) is 1. The van der Waals surface area contributed by atoms with E-state index in [2.05, 4.69) is 31.0 Å². The fourth-order valence-electron chi connectivity index (χ4n) is 3.46. The van der Waals surface area contributed by atoms with Crippen molar-refractivity contribution < 1.29 is 0 Å². The van der Waals surface area contributed by atoms with Crippen molar-refractivity contribution in [2.75, 3.05) is 13.1 Å². The molecule has 2 fully saturated rings. The third-order valence-electron chi connectivity index (χ3n) is 4.40. The Bertz CT molecular complexity index is 207. The monoisotopic (exact) mass is 210 g/mol. The summed E-state index contributed by atoms with van der Waals surface area (Å²) in [6.07, 6.45) is 6.95. The first kappa shape index (κ1) is 11.4. The Morgan fingerprint density at radius 2 is 2.00 bits per heavy atom. The van der Waals surface area contributed by atoms with Crippen LogP contribution in [0.3, 0.4) is 0 Å². The molecule has 1 aliphatic carbocycles. The molecule has 15 heavy (non-hydrogen) atoms. The van der Waals surface area contributed by atoms with Crippen molar-refractivity contribution in [2.24, 2.45) is 0 Å². The first-order valence-corrected chi connectivity index (χ1v) is 6.68. The summed E-state index contributed by atoms with van der Waals surface area (Å²) in [7, 11) is 0. The van der Waals surface area contributed by atoms with Gasteiger partial charge in [-0.25, -0.2) is 0 Å². The van der Waals surface area contributed by atoms with E-state index in [4.69, 9.17) is 0 Å². The Kier molecular flexibility index (Phi) is 3.36. The summed E-state index contributed by atoms with van der Waals surface area (Å²) in [5.74, 6) is 0. The standard InChI is InChI=1S/C13H26N2/c1-4-12-9-15(11(2)3)13(10-14-12)7-5-6-8-13/h11-12,14H,4-10H2,1-3H3. The Morgan fingerprint density at radius 1 is 1.33 bits per heavy atom. The van der Waals surface area contributed by atoms with Crippen LogP contribution in [0, 0.1) is 0 Å². The summed E-state index contributed by atoms with van der Waals surface area (Å²) in [5, 5.41) is 3.74. The minimum atomic E-state index is 0.514. The number of rotatable bonds is 2. The average Bonchev–Trinajstić information content (AvgIpc) is 2.68. The SMILES string of the molecule is CCC1CN(C(C)C)C2(CCCC2)CN1. The van der Waals surface area contributed by atoms with Crippen molar-refractivity contribution in [1.82, 2.24) is 10.2 Å². The van der Waals surface area contributed by atoms with E-state index in [9.17, 15) is 0 Å². The van der Waals surface area contributed by atoms with Crippen molar-refractivity contribution in [2.45, 2.75) is 70.5 Å². The second-order valence-electron chi connectivity index (χ2n) is 5.66. The van der Waals surface area contributed by atoms with Gasteiger partial charge < -0.3 is 5.32 Å². The lowest BCUT2D eigenvalue weighted by atomic mass is 9.89. The van der Waals surface area contributed by atoms with E-state index >= 15 is 0 Å². The number of nitrogens with zero attached hydrogens (tertiary/aromatic N) is 1. The zero-order chi connectivity index (χ0) is 10.9. The van der Waals surface area contributed by atoms with E-state index in [0.29, 0.717) is 11.6 Å². The van der Waals surface area contributed by atoms with Crippen LogP contribution < -0.4 is 5.32 Å². The molecule has 1 unspecified atom stereocenters. The maximum absolute atomic E-state index is 3.74. The zero-order valence-electron chi connectivity index (χ0n) is 10.6. The van der Waals surface area contributed by atoms with Gasteiger partial charge in [0.1, 0.15) is 0 Å². The fraction of sp³-hybridized carbons (Fsp3) is 1.00. The molecule has 1 saturated heterocycles. The summed E-state index contributed by atoms with van der Waals surface area (Å²) in [6.45, 7) is 9.50. The lowest BCUT2D eigenvalue weighted by Gasteiger charge is -2.50. The third-order valence-corrected chi connectivity index (χ3v) is 4.40. The maximum atomic E-state index is 3.74. The molecule has 1 atom stereocenters. The van der Waals surface area contributed by atoms with E-state index in [1.54, 1.807) is 0 Å². The van der Waals surface area contributed by atoms with Crippen LogP contribution in [0.25, 0.3) is 0 Å². The highest BCUT2D eigenvalue weighted by molar-refractivity contribution is 5.02. The van der Waals surface area contributed by atoms with Gasteiger partial charge in [0.25, 0.3) is 0 Å². The highest BCUT2D eigenvalue weighted by Crippen LogP contribution is 2.38. The Morgan fingerprint density at radius 3 is 2.53 bits per heavy atom. The number of hydrogen-bond acceptors (Lipinski definition) is 2. The van der Waals surface area contributed by atoms with Gasteiger partial charge in [-0.2, -0.15) is 0 Å². The molecule has 2 heteroatoms. The minimum absolute atomic E-state index is 0.514. The molecule has 2 rings (SSSR count). The zero-order valence-corrected chi connectivity index (χ0v) is 10.6. The molecule has 0 bridgehead atoms. The quantitative estimate of drug-likeness (QED) is 0.753. The largest absolute Gasteiger partial charge is 0.311 e. The van der Waals surface area contributed by atoms with Crippen LogP contribution in [0.2, 0.25) is 0 Å². The average molecular weight is 210 g/mol. The van der Waals surface area contributed by atoms with Gasteiger partial charge in [-0.05, 0) is 33.1 Å². The molecule has 1 spiro atoms. The molecule has 1 saturated carbocycles.